The van der Waals surface area contributed by atoms with Crippen molar-refractivity contribution in [2.24, 2.45) is 5.92 Å². The lowest BCUT2D eigenvalue weighted by atomic mass is 9.92. The molecule has 0 aliphatic carbocycles. The van der Waals surface area contributed by atoms with Gasteiger partial charge in [0.25, 0.3) is 5.91 Å². The molecule has 7 heteroatoms. The fraction of sp³-hybridized carbons (Fsp3) is 0.243. The van der Waals surface area contributed by atoms with Crippen LogP contribution in [-0.2, 0) is 4.74 Å². The first-order valence-corrected chi connectivity index (χ1v) is 14.9. The molecule has 0 aliphatic heterocycles. The van der Waals surface area contributed by atoms with E-state index in [9.17, 15) is 14.4 Å². The standard InChI is InChI=1S/C37H38N2O5/c1-4-10-27(25-44-33-14-9-13-31(23-33)37(42)43-5-2)16-15-26(3)34-22-21-32(24-38-34)39-36(41)30-19-17-29(18-20-30)35(40)28-11-7-6-8-12-28/h5-9,11-14,17-24,26-27H,2,4,10,15-16,25H2,1,3H3,(H,39,41). The molecule has 3 aromatic carbocycles. The van der Waals surface area contributed by atoms with E-state index in [1.54, 1.807) is 60.8 Å². The SMILES string of the molecule is C=COC(=O)c1cccc(OCC(CCC)CCC(C)c2ccc(NC(=O)c3ccc(C(=O)c4ccccc4)cc3)cn2)c1. The van der Waals surface area contributed by atoms with Crippen molar-refractivity contribution >= 4 is 23.3 Å². The monoisotopic (exact) mass is 590 g/mol. The number of anilines is 1. The topological polar surface area (TPSA) is 94.6 Å². The zero-order chi connectivity index (χ0) is 31.3. The molecule has 4 rings (SSSR count). The largest absolute Gasteiger partial charge is 0.493 e. The number of ether oxygens (including phenoxy) is 2. The van der Waals surface area contributed by atoms with E-state index in [0.717, 1.165) is 37.6 Å². The first kappa shape index (κ1) is 31.9. The third-order valence-corrected chi connectivity index (χ3v) is 7.45. The highest BCUT2D eigenvalue weighted by atomic mass is 16.5. The number of ketones is 1. The molecule has 0 saturated carbocycles. The van der Waals surface area contributed by atoms with Gasteiger partial charge in [-0.15, -0.1) is 0 Å². The fourth-order valence-corrected chi connectivity index (χ4v) is 4.93. The van der Waals surface area contributed by atoms with Gasteiger partial charge >= 0.3 is 5.97 Å². The molecule has 44 heavy (non-hydrogen) atoms. The molecule has 1 amide bonds. The summed E-state index contributed by atoms with van der Waals surface area (Å²) in [4.78, 5) is 42.0. The van der Waals surface area contributed by atoms with Crippen LogP contribution in [0.3, 0.4) is 0 Å². The van der Waals surface area contributed by atoms with E-state index >= 15 is 0 Å². The van der Waals surface area contributed by atoms with Gasteiger partial charge in [0.15, 0.2) is 5.78 Å². The fourth-order valence-electron chi connectivity index (χ4n) is 4.93. The number of benzene rings is 3. The molecule has 2 unspecified atom stereocenters. The summed E-state index contributed by atoms with van der Waals surface area (Å²) in [7, 11) is 0. The van der Waals surface area contributed by atoms with E-state index in [1.165, 1.54) is 0 Å². The molecular weight excluding hydrogens is 552 g/mol. The molecule has 1 heterocycles. The van der Waals surface area contributed by atoms with E-state index in [4.69, 9.17) is 9.47 Å². The van der Waals surface area contributed by atoms with Gasteiger partial charge in [-0.3, -0.25) is 14.6 Å². The van der Waals surface area contributed by atoms with Gasteiger partial charge in [0.05, 0.1) is 30.3 Å². The summed E-state index contributed by atoms with van der Waals surface area (Å²) in [5.74, 6) is 0.404. The van der Waals surface area contributed by atoms with Crippen molar-refractivity contribution in [2.45, 2.75) is 45.4 Å². The molecule has 0 fully saturated rings. The van der Waals surface area contributed by atoms with E-state index in [-0.39, 0.29) is 17.6 Å². The molecule has 0 aliphatic rings. The van der Waals surface area contributed by atoms with Crippen LogP contribution in [0.1, 0.15) is 87.8 Å². The van der Waals surface area contributed by atoms with Gasteiger partial charge in [0.2, 0.25) is 0 Å². The van der Waals surface area contributed by atoms with Crippen LogP contribution in [0.4, 0.5) is 5.69 Å². The highest BCUT2D eigenvalue weighted by molar-refractivity contribution is 6.10. The predicted octanol–water partition coefficient (Wildman–Crippen LogP) is 8.24. The van der Waals surface area contributed by atoms with E-state index in [2.05, 4.69) is 30.7 Å². The van der Waals surface area contributed by atoms with Crippen LogP contribution in [0.5, 0.6) is 5.75 Å². The minimum atomic E-state index is -0.464. The van der Waals surface area contributed by atoms with Gasteiger partial charge in [0, 0.05) is 22.4 Å². The third kappa shape index (κ3) is 8.98. The Hall–Kier alpha value is -5.04. The number of amides is 1. The minimum absolute atomic E-state index is 0.0853. The molecular formula is C37H38N2O5. The van der Waals surface area contributed by atoms with Crippen LogP contribution in [0.2, 0.25) is 0 Å². The number of nitrogens with one attached hydrogen (secondary N) is 1. The molecule has 0 radical (unpaired) electrons. The first-order valence-electron chi connectivity index (χ1n) is 14.9. The third-order valence-electron chi connectivity index (χ3n) is 7.45. The number of carbonyl (C=O) groups is 3. The lowest BCUT2D eigenvalue weighted by Gasteiger charge is -2.19. The second kappa shape index (κ2) is 16.0. The maximum atomic E-state index is 12.8. The summed E-state index contributed by atoms with van der Waals surface area (Å²) in [5, 5.41) is 2.89. The smallest absolute Gasteiger partial charge is 0.343 e. The zero-order valence-electron chi connectivity index (χ0n) is 25.2. The number of nitrogens with zero attached hydrogens (tertiary/aromatic N) is 1. The van der Waals surface area contributed by atoms with Crippen molar-refractivity contribution in [3.05, 3.63) is 138 Å². The maximum absolute atomic E-state index is 12.8. The second-order valence-corrected chi connectivity index (χ2v) is 10.7. The molecule has 2 atom stereocenters. The van der Waals surface area contributed by atoms with Crippen molar-refractivity contribution < 1.29 is 23.9 Å². The van der Waals surface area contributed by atoms with Gasteiger partial charge in [-0.1, -0.05) is 75.4 Å². The minimum Gasteiger partial charge on any atom is -0.493 e. The Bertz CT molecular complexity index is 1550. The van der Waals surface area contributed by atoms with Crippen molar-refractivity contribution in [3.63, 3.8) is 0 Å². The maximum Gasteiger partial charge on any atom is 0.343 e. The van der Waals surface area contributed by atoms with Crippen LogP contribution < -0.4 is 10.1 Å². The molecule has 1 aromatic heterocycles. The van der Waals surface area contributed by atoms with Gasteiger partial charge in [-0.05, 0) is 73.6 Å². The summed E-state index contributed by atoms with van der Waals surface area (Å²) in [6, 6.07) is 26.5. The van der Waals surface area contributed by atoms with E-state index in [1.807, 2.05) is 36.4 Å². The van der Waals surface area contributed by atoms with Gasteiger partial charge in [0.1, 0.15) is 5.75 Å². The predicted molar refractivity (Wildman–Crippen MR) is 172 cm³/mol. The van der Waals surface area contributed by atoms with Crippen molar-refractivity contribution in [1.29, 1.82) is 0 Å². The second-order valence-electron chi connectivity index (χ2n) is 10.7. The number of hydrogen-bond donors (Lipinski definition) is 1. The first-order chi connectivity index (χ1) is 21.4. The van der Waals surface area contributed by atoms with Crippen LogP contribution >= 0.6 is 0 Å². The van der Waals surface area contributed by atoms with Crippen LogP contribution in [-0.4, -0.2) is 29.3 Å². The Labute approximate surface area is 259 Å². The highest BCUT2D eigenvalue weighted by Gasteiger charge is 2.16. The van der Waals surface area contributed by atoms with Crippen molar-refractivity contribution in [3.8, 4) is 5.75 Å². The summed E-state index contributed by atoms with van der Waals surface area (Å²) in [6.45, 7) is 8.29. The molecule has 226 valence electrons. The Kier molecular flexibility index (Phi) is 11.6. The van der Waals surface area contributed by atoms with Crippen LogP contribution in [0.15, 0.2) is 110 Å². The van der Waals surface area contributed by atoms with Gasteiger partial charge in [-0.2, -0.15) is 0 Å². The molecule has 7 nitrogen and oxygen atoms in total. The van der Waals surface area contributed by atoms with Crippen LogP contribution in [0.25, 0.3) is 0 Å². The molecule has 4 aromatic rings. The van der Waals surface area contributed by atoms with E-state index in [0.29, 0.717) is 46.2 Å². The quantitative estimate of drug-likeness (QED) is 0.0851. The van der Waals surface area contributed by atoms with Gasteiger partial charge in [-0.25, -0.2) is 4.79 Å². The molecule has 0 saturated heterocycles. The van der Waals surface area contributed by atoms with Crippen molar-refractivity contribution in [1.82, 2.24) is 4.98 Å². The molecule has 0 bridgehead atoms. The summed E-state index contributed by atoms with van der Waals surface area (Å²) >= 11 is 0. The van der Waals surface area contributed by atoms with E-state index < -0.39 is 5.97 Å². The average molecular weight is 591 g/mol. The Morgan fingerprint density at radius 3 is 2.23 bits per heavy atom. The molecule has 1 N–H and O–H groups in total. The van der Waals surface area contributed by atoms with Gasteiger partial charge < -0.3 is 14.8 Å². The normalized spacial score (nSPS) is 12.0. The molecule has 0 spiro atoms. The summed E-state index contributed by atoms with van der Waals surface area (Å²) in [6.07, 6.45) is 6.78. The Morgan fingerprint density at radius 1 is 0.841 bits per heavy atom. The lowest BCUT2D eigenvalue weighted by Crippen LogP contribution is -2.14. The summed E-state index contributed by atoms with van der Waals surface area (Å²) in [5.41, 5.74) is 3.57. The number of hydrogen-bond acceptors (Lipinski definition) is 6. The number of carbonyl (C=O) groups excluding carboxylic acids is 3. The highest BCUT2D eigenvalue weighted by Crippen LogP contribution is 2.26. The van der Waals surface area contributed by atoms with Crippen molar-refractivity contribution in [2.75, 3.05) is 11.9 Å². The Morgan fingerprint density at radius 2 is 1.55 bits per heavy atom. The number of esters is 1. The average Bonchev–Trinajstić information content (AvgIpc) is 3.06. The lowest BCUT2D eigenvalue weighted by molar-refractivity contribution is 0.0663. The summed E-state index contributed by atoms with van der Waals surface area (Å²) < 4.78 is 10.9. The zero-order valence-corrected chi connectivity index (χ0v) is 25.2. The Balaban J connectivity index is 1.27. The van der Waals surface area contributed by atoms with Crippen LogP contribution in [0, 0.1) is 5.92 Å². The number of rotatable bonds is 15. The number of aromatic nitrogens is 1. The number of pyridine rings is 1.